The van der Waals surface area contributed by atoms with E-state index >= 15 is 0 Å². The highest BCUT2D eigenvalue weighted by molar-refractivity contribution is 5.77. The Morgan fingerprint density at radius 2 is 1.96 bits per heavy atom. The molecule has 0 bridgehead atoms. The molecule has 1 aromatic carbocycles. The number of hydrogen-bond donors (Lipinski definition) is 0. The minimum atomic E-state index is 0.0947. The molecule has 5 heteroatoms. The number of carbonyl (C=O) groups is 1. The lowest BCUT2D eigenvalue weighted by Crippen LogP contribution is -2.51. The van der Waals surface area contributed by atoms with Gasteiger partial charge in [0.15, 0.2) is 6.61 Å². The zero-order valence-electron chi connectivity index (χ0n) is 14.9. The van der Waals surface area contributed by atoms with Gasteiger partial charge in [0.1, 0.15) is 5.75 Å². The fourth-order valence-electron chi connectivity index (χ4n) is 4.13. The van der Waals surface area contributed by atoms with Crippen molar-refractivity contribution < 1.29 is 14.3 Å². The van der Waals surface area contributed by atoms with Crippen LogP contribution >= 0.6 is 0 Å². The number of hydrogen-bond acceptors (Lipinski definition) is 4. The first kappa shape index (κ1) is 16.9. The molecule has 2 fully saturated rings. The van der Waals surface area contributed by atoms with Crippen LogP contribution < -0.4 is 4.74 Å². The fraction of sp³-hybridized carbons (Fsp3) is 0.650. The van der Waals surface area contributed by atoms with Gasteiger partial charge in [0.05, 0.1) is 6.10 Å². The van der Waals surface area contributed by atoms with Gasteiger partial charge in [0.25, 0.3) is 5.91 Å². The first-order valence-corrected chi connectivity index (χ1v) is 9.64. The second-order valence-corrected chi connectivity index (χ2v) is 7.39. The Morgan fingerprint density at radius 1 is 1.12 bits per heavy atom. The van der Waals surface area contributed by atoms with Gasteiger partial charge >= 0.3 is 0 Å². The Labute approximate surface area is 149 Å². The number of rotatable bonds is 5. The average Bonchev–Trinajstić information content (AvgIpc) is 3.31. The molecule has 0 N–H and O–H groups in total. The number of ether oxygens (including phenoxy) is 2. The molecule has 4 rings (SSSR count). The van der Waals surface area contributed by atoms with Crippen LogP contribution in [0.25, 0.3) is 0 Å². The Hall–Kier alpha value is -1.59. The van der Waals surface area contributed by atoms with Gasteiger partial charge in [0.2, 0.25) is 0 Å². The summed E-state index contributed by atoms with van der Waals surface area (Å²) in [4.78, 5) is 16.8. The summed E-state index contributed by atoms with van der Waals surface area (Å²) < 4.78 is 11.5. The van der Waals surface area contributed by atoms with E-state index in [1.54, 1.807) is 0 Å². The molecule has 0 aromatic heterocycles. The smallest absolute Gasteiger partial charge is 0.260 e. The molecular formula is C20H28N2O3. The predicted molar refractivity (Wildman–Crippen MR) is 96.0 cm³/mol. The lowest BCUT2D eigenvalue weighted by atomic mass is 10.1. The number of benzene rings is 1. The largest absolute Gasteiger partial charge is 0.484 e. The second-order valence-electron chi connectivity index (χ2n) is 7.39. The Kier molecular flexibility index (Phi) is 5.22. The third-order valence-electron chi connectivity index (χ3n) is 5.64. The number of piperazine rings is 1. The van der Waals surface area contributed by atoms with E-state index in [-0.39, 0.29) is 12.5 Å². The van der Waals surface area contributed by atoms with E-state index in [2.05, 4.69) is 17.0 Å². The van der Waals surface area contributed by atoms with E-state index < -0.39 is 0 Å². The third-order valence-corrected chi connectivity index (χ3v) is 5.64. The van der Waals surface area contributed by atoms with Crippen molar-refractivity contribution in [2.75, 3.05) is 45.9 Å². The van der Waals surface area contributed by atoms with Crippen molar-refractivity contribution in [1.82, 2.24) is 9.80 Å². The highest BCUT2D eigenvalue weighted by atomic mass is 16.5. The van der Waals surface area contributed by atoms with Crippen LogP contribution in [-0.2, 0) is 22.4 Å². The minimum Gasteiger partial charge on any atom is -0.484 e. The lowest BCUT2D eigenvalue weighted by Gasteiger charge is -2.35. The van der Waals surface area contributed by atoms with Crippen molar-refractivity contribution >= 4 is 5.91 Å². The molecule has 1 unspecified atom stereocenters. The second kappa shape index (κ2) is 7.75. The van der Waals surface area contributed by atoms with Crippen LogP contribution in [-0.4, -0.2) is 67.7 Å². The van der Waals surface area contributed by atoms with Crippen LogP contribution in [0.4, 0.5) is 0 Å². The number of amides is 1. The average molecular weight is 344 g/mol. The predicted octanol–water partition coefficient (Wildman–Crippen LogP) is 1.88. The van der Waals surface area contributed by atoms with E-state index in [1.165, 1.54) is 36.8 Å². The monoisotopic (exact) mass is 344 g/mol. The highest BCUT2D eigenvalue weighted by Crippen LogP contribution is 2.26. The fourth-order valence-corrected chi connectivity index (χ4v) is 4.13. The van der Waals surface area contributed by atoms with Gasteiger partial charge in [-0.05, 0) is 55.4 Å². The SMILES string of the molecule is O=C(COc1ccc2c(c1)CCC2)N1CCN(CC2CCCO2)CC1. The maximum atomic E-state index is 12.4. The normalized spacial score (nSPS) is 23.7. The summed E-state index contributed by atoms with van der Waals surface area (Å²) in [5.41, 5.74) is 2.81. The summed E-state index contributed by atoms with van der Waals surface area (Å²) >= 11 is 0. The summed E-state index contributed by atoms with van der Waals surface area (Å²) in [6.07, 6.45) is 6.29. The van der Waals surface area contributed by atoms with Crippen molar-refractivity contribution in [3.8, 4) is 5.75 Å². The Bertz CT molecular complexity index is 605. The molecule has 1 aliphatic carbocycles. The van der Waals surface area contributed by atoms with Gasteiger partial charge in [-0.2, -0.15) is 0 Å². The molecule has 5 nitrogen and oxygen atoms in total. The van der Waals surface area contributed by atoms with Crippen molar-refractivity contribution in [3.63, 3.8) is 0 Å². The van der Waals surface area contributed by atoms with Crippen LogP contribution in [0.5, 0.6) is 5.75 Å². The molecular weight excluding hydrogens is 316 g/mol. The zero-order valence-corrected chi connectivity index (χ0v) is 14.9. The van der Waals surface area contributed by atoms with Crippen molar-refractivity contribution in [1.29, 1.82) is 0 Å². The first-order valence-electron chi connectivity index (χ1n) is 9.64. The molecule has 2 aliphatic heterocycles. The number of nitrogens with zero attached hydrogens (tertiary/aromatic N) is 2. The molecule has 1 atom stereocenters. The molecule has 25 heavy (non-hydrogen) atoms. The topological polar surface area (TPSA) is 42.0 Å². The minimum absolute atomic E-state index is 0.0947. The van der Waals surface area contributed by atoms with Gasteiger partial charge in [-0.1, -0.05) is 6.07 Å². The van der Waals surface area contributed by atoms with Crippen LogP contribution in [0.3, 0.4) is 0 Å². The quantitative estimate of drug-likeness (QED) is 0.818. The van der Waals surface area contributed by atoms with E-state index in [0.717, 1.165) is 51.5 Å². The molecule has 0 spiro atoms. The molecule has 1 aromatic rings. The van der Waals surface area contributed by atoms with Crippen LogP contribution in [0.2, 0.25) is 0 Å². The third kappa shape index (κ3) is 4.15. The lowest BCUT2D eigenvalue weighted by molar-refractivity contribution is -0.135. The van der Waals surface area contributed by atoms with E-state index in [4.69, 9.17) is 9.47 Å². The first-order chi connectivity index (χ1) is 12.3. The molecule has 0 radical (unpaired) electrons. The molecule has 3 aliphatic rings. The Morgan fingerprint density at radius 3 is 2.76 bits per heavy atom. The van der Waals surface area contributed by atoms with Gasteiger partial charge in [0, 0.05) is 39.3 Å². The number of carbonyl (C=O) groups excluding carboxylic acids is 1. The van der Waals surface area contributed by atoms with E-state index in [1.807, 2.05) is 11.0 Å². The highest BCUT2D eigenvalue weighted by Gasteiger charge is 2.25. The van der Waals surface area contributed by atoms with Crippen molar-refractivity contribution in [3.05, 3.63) is 29.3 Å². The molecule has 2 saturated heterocycles. The van der Waals surface area contributed by atoms with Crippen molar-refractivity contribution in [2.45, 2.75) is 38.2 Å². The molecule has 136 valence electrons. The van der Waals surface area contributed by atoms with Crippen LogP contribution in [0, 0.1) is 0 Å². The summed E-state index contributed by atoms with van der Waals surface area (Å²) in [6.45, 7) is 5.51. The molecule has 1 amide bonds. The summed E-state index contributed by atoms with van der Waals surface area (Å²) in [5.74, 6) is 0.920. The maximum Gasteiger partial charge on any atom is 0.260 e. The maximum absolute atomic E-state index is 12.4. The van der Waals surface area contributed by atoms with Gasteiger partial charge in [-0.15, -0.1) is 0 Å². The van der Waals surface area contributed by atoms with Gasteiger partial charge in [-0.3, -0.25) is 9.69 Å². The molecule has 2 heterocycles. The molecule has 0 saturated carbocycles. The standard InChI is InChI=1S/C20H28N2O3/c23-20(15-25-18-7-6-16-3-1-4-17(16)13-18)22-10-8-21(9-11-22)14-19-5-2-12-24-19/h6-7,13,19H,1-5,8-12,14-15H2. The van der Waals surface area contributed by atoms with Crippen molar-refractivity contribution in [2.24, 2.45) is 0 Å². The van der Waals surface area contributed by atoms with Gasteiger partial charge < -0.3 is 14.4 Å². The summed E-state index contributed by atoms with van der Waals surface area (Å²) in [5, 5.41) is 0. The van der Waals surface area contributed by atoms with E-state index in [0.29, 0.717) is 6.10 Å². The number of aryl methyl sites for hydroxylation is 2. The van der Waals surface area contributed by atoms with Gasteiger partial charge in [-0.25, -0.2) is 0 Å². The van der Waals surface area contributed by atoms with E-state index in [9.17, 15) is 4.79 Å². The van der Waals surface area contributed by atoms with Crippen LogP contribution in [0.15, 0.2) is 18.2 Å². The summed E-state index contributed by atoms with van der Waals surface area (Å²) in [7, 11) is 0. The van der Waals surface area contributed by atoms with Crippen LogP contribution in [0.1, 0.15) is 30.4 Å². The number of fused-ring (bicyclic) bond motifs is 1. The zero-order chi connectivity index (χ0) is 17.1. The summed E-state index contributed by atoms with van der Waals surface area (Å²) in [6, 6.07) is 6.25. The Balaban J connectivity index is 1.21.